The van der Waals surface area contributed by atoms with Crippen molar-refractivity contribution in [3.8, 4) is 0 Å². The maximum Gasteiger partial charge on any atom is 0.274 e. The summed E-state index contributed by atoms with van der Waals surface area (Å²) in [6, 6.07) is 4.29. The number of amides is 2. The van der Waals surface area contributed by atoms with Crippen LogP contribution >= 0.6 is 0 Å². The van der Waals surface area contributed by atoms with Crippen LogP contribution in [-0.4, -0.2) is 67.3 Å². The number of pyridine rings is 1. The van der Waals surface area contributed by atoms with E-state index in [1.54, 1.807) is 41.8 Å². The third-order valence-electron chi connectivity index (χ3n) is 5.79. The molecule has 2 amide bonds. The van der Waals surface area contributed by atoms with Crippen LogP contribution < -0.4 is 10.2 Å². The van der Waals surface area contributed by atoms with Crippen LogP contribution in [0.25, 0.3) is 5.65 Å². The lowest BCUT2D eigenvalue weighted by Gasteiger charge is -2.16. The van der Waals surface area contributed by atoms with Crippen molar-refractivity contribution in [2.75, 3.05) is 24.3 Å². The molecule has 0 aliphatic heterocycles. The summed E-state index contributed by atoms with van der Waals surface area (Å²) in [4.78, 5) is 34.1. The van der Waals surface area contributed by atoms with Crippen molar-refractivity contribution >= 4 is 29.1 Å². The molecule has 0 spiro atoms. The van der Waals surface area contributed by atoms with Crippen molar-refractivity contribution in [1.29, 1.82) is 0 Å². The van der Waals surface area contributed by atoms with Gasteiger partial charge in [0.15, 0.2) is 5.65 Å². The van der Waals surface area contributed by atoms with Crippen molar-refractivity contribution in [3.05, 3.63) is 35.8 Å². The molecule has 0 radical (unpaired) electrons. The van der Waals surface area contributed by atoms with E-state index in [1.165, 1.54) is 10.9 Å². The van der Waals surface area contributed by atoms with E-state index < -0.39 is 0 Å². The molecule has 156 valence electrons. The minimum atomic E-state index is -0.387. The summed E-state index contributed by atoms with van der Waals surface area (Å²) in [7, 11) is 5.42. The van der Waals surface area contributed by atoms with Gasteiger partial charge in [0.25, 0.3) is 11.8 Å². The lowest BCUT2D eigenvalue weighted by atomic mass is 10.2. The lowest BCUT2D eigenvalue weighted by molar-refractivity contribution is 0.0779. The average molecular weight is 408 g/mol. The molecule has 2 aliphatic rings. The average Bonchev–Trinajstić information content (AvgIpc) is 3.65. The molecule has 2 fully saturated rings. The number of rotatable bonds is 6. The Morgan fingerprint density at radius 1 is 1.17 bits per heavy atom. The van der Waals surface area contributed by atoms with Gasteiger partial charge >= 0.3 is 0 Å². The van der Waals surface area contributed by atoms with Gasteiger partial charge in [-0.2, -0.15) is 10.1 Å². The van der Waals surface area contributed by atoms with Crippen molar-refractivity contribution in [1.82, 2.24) is 29.3 Å². The number of hydrogen-bond acceptors (Lipinski definition) is 6. The Morgan fingerprint density at radius 3 is 2.60 bits per heavy atom. The molecule has 0 bridgehead atoms. The van der Waals surface area contributed by atoms with Crippen LogP contribution in [0.1, 0.15) is 46.5 Å². The van der Waals surface area contributed by atoms with E-state index in [9.17, 15) is 9.59 Å². The van der Waals surface area contributed by atoms with Gasteiger partial charge in [0, 0.05) is 51.2 Å². The number of aromatic nitrogens is 5. The van der Waals surface area contributed by atoms with Gasteiger partial charge in [0.1, 0.15) is 5.69 Å². The summed E-state index contributed by atoms with van der Waals surface area (Å²) in [6.07, 6.45) is 7.54. The number of hydrogen-bond donors (Lipinski definition) is 1. The Hall–Kier alpha value is -3.43. The number of carbonyl (C=O) groups excluding carboxylic acids is 2. The molecule has 10 nitrogen and oxygen atoms in total. The number of anilines is 2. The van der Waals surface area contributed by atoms with E-state index in [0.717, 1.165) is 25.7 Å². The van der Waals surface area contributed by atoms with Crippen molar-refractivity contribution in [2.45, 2.75) is 37.8 Å². The molecule has 30 heavy (non-hydrogen) atoms. The number of carbonyl (C=O) groups is 2. The third kappa shape index (κ3) is 3.27. The van der Waals surface area contributed by atoms with E-state index in [4.69, 9.17) is 0 Å². The van der Waals surface area contributed by atoms with Crippen LogP contribution in [0.2, 0.25) is 0 Å². The minimum absolute atomic E-state index is 0.184. The Labute approximate surface area is 173 Å². The first-order valence-electron chi connectivity index (χ1n) is 10.1. The number of fused-ring (bicyclic) bond motifs is 1. The van der Waals surface area contributed by atoms with Crippen LogP contribution in [0.4, 0.5) is 11.6 Å². The Bertz CT molecular complexity index is 1140. The van der Waals surface area contributed by atoms with E-state index in [2.05, 4.69) is 25.4 Å². The Balaban J connectivity index is 1.38. The second-order valence-electron chi connectivity index (χ2n) is 8.10. The molecule has 10 heteroatoms. The molecular weight excluding hydrogens is 384 g/mol. The fourth-order valence-electron chi connectivity index (χ4n) is 3.59. The number of aryl methyl sites for hydroxylation is 1. The first-order valence-corrected chi connectivity index (χ1v) is 10.1. The maximum atomic E-state index is 13.0. The first kappa shape index (κ1) is 18.6. The fourth-order valence-corrected chi connectivity index (χ4v) is 3.59. The maximum absolute atomic E-state index is 13.0. The highest BCUT2D eigenvalue weighted by molar-refractivity contribution is 6.11. The Morgan fingerprint density at radius 2 is 1.90 bits per heavy atom. The smallest absolute Gasteiger partial charge is 0.274 e. The Kier molecular flexibility index (Phi) is 4.23. The molecule has 0 unspecified atom stereocenters. The molecule has 0 atom stereocenters. The molecule has 3 aromatic rings. The standard InChI is InChI=1S/C20H24N8O2/c1-25(13-4-5-13)19(30)15-11-21-27(3)17(15)18(29)22-12-8-9-28-16(10-12)23-20(24-28)26(2)14-6-7-14/h8-11,13-14H,4-7H2,1-3H3,(H,22,29). The summed E-state index contributed by atoms with van der Waals surface area (Å²) < 4.78 is 3.12. The SMILES string of the molecule is CN(C(=O)c1cnn(C)c1C(=O)Nc1ccn2nc(N(C)C3CC3)nc2c1)C1CC1. The molecule has 1 N–H and O–H groups in total. The zero-order valence-corrected chi connectivity index (χ0v) is 17.2. The molecule has 5 rings (SSSR count). The third-order valence-corrected chi connectivity index (χ3v) is 5.79. The quantitative estimate of drug-likeness (QED) is 0.664. The summed E-state index contributed by atoms with van der Waals surface area (Å²) in [6.45, 7) is 0. The van der Waals surface area contributed by atoms with Crippen LogP contribution in [0, 0.1) is 0 Å². The number of nitrogens with zero attached hydrogens (tertiary/aromatic N) is 7. The van der Waals surface area contributed by atoms with Gasteiger partial charge in [-0.05, 0) is 31.7 Å². The van der Waals surface area contributed by atoms with Gasteiger partial charge in [-0.15, -0.1) is 5.10 Å². The van der Waals surface area contributed by atoms with Gasteiger partial charge in [-0.1, -0.05) is 0 Å². The zero-order chi connectivity index (χ0) is 21.0. The molecular formula is C20H24N8O2. The minimum Gasteiger partial charge on any atom is -0.340 e. The lowest BCUT2D eigenvalue weighted by Crippen LogP contribution is -2.30. The monoisotopic (exact) mass is 408 g/mol. The van der Waals surface area contributed by atoms with Gasteiger partial charge in [-0.25, -0.2) is 4.52 Å². The predicted molar refractivity (Wildman–Crippen MR) is 111 cm³/mol. The fraction of sp³-hybridized carbons (Fsp3) is 0.450. The highest BCUT2D eigenvalue weighted by atomic mass is 16.2. The second kappa shape index (κ2) is 6.82. The van der Waals surface area contributed by atoms with Crippen LogP contribution in [0.3, 0.4) is 0 Å². The van der Waals surface area contributed by atoms with Gasteiger partial charge in [0.2, 0.25) is 5.95 Å². The molecule has 3 aromatic heterocycles. The van der Waals surface area contributed by atoms with Crippen LogP contribution in [-0.2, 0) is 7.05 Å². The van der Waals surface area contributed by atoms with Crippen molar-refractivity contribution < 1.29 is 9.59 Å². The van der Waals surface area contributed by atoms with E-state index >= 15 is 0 Å². The first-order chi connectivity index (χ1) is 14.4. The van der Waals surface area contributed by atoms with Crippen LogP contribution in [0.5, 0.6) is 0 Å². The molecule has 2 aliphatic carbocycles. The van der Waals surface area contributed by atoms with Crippen LogP contribution in [0.15, 0.2) is 24.5 Å². The highest BCUT2D eigenvalue weighted by Gasteiger charge is 2.33. The second-order valence-corrected chi connectivity index (χ2v) is 8.10. The van der Waals surface area contributed by atoms with E-state index in [1.807, 2.05) is 7.05 Å². The zero-order valence-electron chi connectivity index (χ0n) is 17.2. The van der Waals surface area contributed by atoms with Gasteiger partial charge in [-0.3, -0.25) is 14.3 Å². The summed E-state index contributed by atoms with van der Waals surface area (Å²) in [5, 5.41) is 11.5. The van der Waals surface area contributed by atoms with Crippen molar-refractivity contribution in [2.24, 2.45) is 7.05 Å². The van der Waals surface area contributed by atoms with Gasteiger partial charge in [0.05, 0.1) is 11.8 Å². The molecule has 0 aromatic carbocycles. The normalized spacial score (nSPS) is 16.0. The molecule has 3 heterocycles. The predicted octanol–water partition coefficient (Wildman–Crippen LogP) is 1.55. The summed E-state index contributed by atoms with van der Waals surface area (Å²) in [5.74, 6) is 0.0988. The molecule has 0 saturated heterocycles. The summed E-state index contributed by atoms with van der Waals surface area (Å²) >= 11 is 0. The van der Waals surface area contributed by atoms with Gasteiger partial charge < -0.3 is 15.1 Å². The number of nitrogens with one attached hydrogen (secondary N) is 1. The molecule has 2 saturated carbocycles. The highest BCUT2D eigenvalue weighted by Crippen LogP contribution is 2.29. The van der Waals surface area contributed by atoms with Crippen molar-refractivity contribution in [3.63, 3.8) is 0 Å². The van der Waals surface area contributed by atoms with E-state index in [-0.39, 0.29) is 23.6 Å². The summed E-state index contributed by atoms with van der Waals surface area (Å²) in [5.41, 5.74) is 1.77. The van der Waals surface area contributed by atoms with E-state index in [0.29, 0.717) is 28.9 Å². The topological polar surface area (TPSA) is 101 Å². The largest absolute Gasteiger partial charge is 0.340 e.